The lowest BCUT2D eigenvalue weighted by atomic mass is 9.81. The highest BCUT2D eigenvalue weighted by Gasteiger charge is 2.64. The van der Waals surface area contributed by atoms with Crippen molar-refractivity contribution < 1.29 is 43.4 Å². The van der Waals surface area contributed by atoms with E-state index in [1.807, 2.05) is 58.0 Å². The molecule has 5 aliphatic heterocycles. The lowest BCUT2D eigenvalue weighted by Crippen LogP contribution is -2.63. The highest BCUT2D eigenvalue weighted by Crippen LogP contribution is 2.49. The minimum absolute atomic E-state index is 0.279. The smallest absolute Gasteiger partial charge is 0.190 e. The molecule has 0 aliphatic carbocycles. The second kappa shape index (κ2) is 8.37. The number of ether oxygens (including phenoxy) is 7. The predicted molar refractivity (Wildman–Crippen MR) is 119 cm³/mol. The molecule has 10 heteroatoms. The summed E-state index contributed by atoms with van der Waals surface area (Å²) in [6, 6.07) is 9.82. The van der Waals surface area contributed by atoms with Gasteiger partial charge in [-0.15, -0.1) is 11.8 Å². The summed E-state index contributed by atoms with van der Waals surface area (Å²) in [5.41, 5.74) is 0. The number of aliphatic hydroxyl groups is 2. The second-order valence-electron chi connectivity index (χ2n) is 10.5. The Morgan fingerprint density at radius 1 is 0.882 bits per heavy atom. The summed E-state index contributed by atoms with van der Waals surface area (Å²) in [5, 5.41) is 22.7. The molecule has 2 bridgehead atoms. The van der Waals surface area contributed by atoms with Gasteiger partial charge in [0.05, 0.1) is 24.1 Å². The first kappa shape index (κ1) is 23.6. The molecular formula is C24H32O9S. The molecule has 6 rings (SSSR count). The number of hydrogen-bond acceptors (Lipinski definition) is 10. The average molecular weight is 497 g/mol. The Balaban J connectivity index is 1.31. The zero-order chi connectivity index (χ0) is 23.8. The van der Waals surface area contributed by atoms with E-state index in [0.717, 1.165) is 4.90 Å². The highest BCUT2D eigenvalue weighted by molar-refractivity contribution is 8.00. The third-order valence-corrected chi connectivity index (χ3v) is 8.45. The van der Waals surface area contributed by atoms with Gasteiger partial charge in [0.15, 0.2) is 24.2 Å². The second-order valence-corrected chi connectivity index (χ2v) is 11.7. The van der Waals surface area contributed by atoms with Gasteiger partial charge < -0.3 is 43.4 Å². The Hall–Kier alpha value is -0.790. The monoisotopic (exact) mass is 496 g/mol. The normalized spacial score (nSPS) is 47.2. The van der Waals surface area contributed by atoms with Gasteiger partial charge in [-0.1, -0.05) is 18.2 Å². The standard InChI is InChI=1S/C24H32O9S/c1-23(2)30-17-16(29-21-19(18(17)31-23)32-24(3,4)33-21)15(26)13-14(25)12-10-27-22(28-12)20(13)34-11-8-6-5-7-9-11/h5-9,12-22,25-26H,10H2,1-4H3/t12-,13-,14+,15+,16-,17+,18+,19-,20-,21-,22-/m1/s1. The van der Waals surface area contributed by atoms with E-state index >= 15 is 0 Å². The summed E-state index contributed by atoms with van der Waals surface area (Å²) in [7, 11) is 0. The fourth-order valence-corrected chi connectivity index (χ4v) is 7.10. The van der Waals surface area contributed by atoms with Gasteiger partial charge in [0.25, 0.3) is 0 Å². The molecule has 5 aliphatic rings. The van der Waals surface area contributed by atoms with Gasteiger partial charge in [0.2, 0.25) is 0 Å². The number of hydrogen-bond donors (Lipinski definition) is 2. The van der Waals surface area contributed by atoms with Crippen LogP contribution in [0.3, 0.4) is 0 Å². The van der Waals surface area contributed by atoms with Crippen LogP contribution in [0.15, 0.2) is 35.2 Å². The summed E-state index contributed by atoms with van der Waals surface area (Å²) in [4.78, 5) is 0.993. The molecule has 9 nitrogen and oxygen atoms in total. The molecule has 5 heterocycles. The van der Waals surface area contributed by atoms with Gasteiger partial charge in [-0.2, -0.15) is 0 Å². The van der Waals surface area contributed by atoms with Crippen molar-refractivity contribution in [2.75, 3.05) is 6.61 Å². The molecule has 2 N–H and O–H groups in total. The summed E-state index contributed by atoms with van der Waals surface area (Å²) in [5.74, 6) is -2.33. The van der Waals surface area contributed by atoms with E-state index in [9.17, 15) is 10.2 Å². The topological polar surface area (TPSA) is 105 Å². The first-order valence-corrected chi connectivity index (χ1v) is 12.7. The van der Waals surface area contributed by atoms with Crippen molar-refractivity contribution >= 4 is 11.8 Å². The van der Waals surface area contributed by atoms with Crippen LogP contribution in [-0.2, 0) is 33.2 Å². The van der Waals surface area contributed by atoms with Gasteiger partial charge in [-0.3, -0.25) is 0 Å². The fraction of sp³-hybridized carbons (Fsp3) is 0.750. The quantitative estimate of drug-likeness (QED) is 0.639. The predicted octanol–water partition coefficient (Wildman–Crippen LogP) is 1.64. The Labute approximate surface area is 202 Å². The van der Waals surface area contributed by atoms with Crippen molar-refractivity contribution in [1.82, 2.24) is 0 Å². The number of thioether (sulfide) groups is 1. The molecule has 0 saturated carbocycles. The molecule has 0 spiro atoms. The summed E-state index contributed by atoms with van der Waals surface area (Å²) < 4.78 is 42.6. The van der Waals surface area contributed by atoms with Crippen molar-refractivity contribution in [3.63, 3.8) is 0 Å². The molecule has 1 aromatic carbocycles. The maximum Gasteiger partial charge on any atom is 0.190 e. The lowest BCUT2D eigenvalue weighted by Gasteiger charge is -2.46. The van der Waals surface area contributed by atoms with Crippen molar-refractivity contribution in [3.8, 4) is 0 Å². The first-order chi connectivity index (χ1) is 16.1. The number of fused-ring (bicyclic) bond motifs is 5. The van der Waals surface area contributed by atoms with E-state index in [4.69, 9.17) is 33.2 Å². The summed E-state index contributed by atoms with van der Waals surface area (Å²) >= 11 is 1.52. The van der Waals surface area contributed by atoms with Crippen LogP contribution in [0.2, 0.25) is 0 Å². The lowest BCUT2D eigenvalue weighted by molar-refractivity contribution is -0.267. The van der Waals surface area contributed by atoms with Crippen molar-refractivity contribution in [2.45, 2.75) is 105 Å². The van der Waals surface area contributed by atoms with Crippen LogP contribution in [0, 0.1) is 5.92 Å². The van der Waals surface area contributed by atoms with Crippen LogP contribution in [0.5, 0.6) is 0 Å². The molecular weight excluding hydrogens is 464 g/mol. The summed E-state index contributed by atoms with van der Waals surface area (Å²) in [6.45, 7) is 7.58. The fourth-order valence-electron chi connectivity index (χ4n) is 5.74. The van der Waals surface area contributed by atoms with E-state index < -0.39 is 72.8 Å². The van der Waals surface area contributed by atoms with E-state index in [1.54, 1.807) is 0 Å². The van der Waals surface area contributed by atoms with Crippen LogP contribution >= 0.6 is 11.8 Å². The molecule has 11 atom stereocenters. The van der Waals surface area contributed by atoms with Crippen LogP contribution < -0.4 is 0 Å². The maximum atomic E-state index is 11.8. The molecule has 1 aromatic rings. The molecule has 0 unspecified atom stereocenters. The van der Waals surface area contributed by atoms with Crippen molar-refractivity contribution in [2.24, 2.45) is 5.92 Å². The average Bonchev–Trinajstić information content (AvgIpc) is 3.44. The number of rotatable bonds is 4. The number of aliphatic hydroxyl groups excluding tert-OH is 2. The van der Waals surface area contributed by atoms with Gasteiger partial charge in [-0.05, 0) is 39.8 Å². The van der Waals surface area contributed by atoms with Gasteiger partial charge in [0.1, 0.15) is 30.5 Å². The van der Waals surface area contributed by atoms with Crippen LogP contribution in [-0.4, -0.2) is 89.0 Å². The maximum absolute atomic E-state index is 11.8. The zero-order valence-corrected chi connectivity index (χ0v) is 20.4. The number of benzene rings is 1. The van der Waals surface area contributed by atoms with Crippen LogP contribution in [0.4, 0.5) is 0 Å². The molecule has 0 amide bonds. The van der Waals surface area contributed by atoms with E-state index in [1.165, 1.54) is 11.8 Å². The molecule has 188 valence electrons. The van der Waals surface area contributed by atoms with Gasteiger partial charge >= 0.3 is 0 Å². The molecule has 0 aromatic heterocycles. The van der Waals surface area contributed by atoms with E-state index in [-0.39, 0.29) is 11.9 Å². The third-order valence-electron chi connectivity index (χ3n) is 7.09. The Kier molecular flexibility index (Phi) is 5.81. The Morgan fingerprint density at radius 2 is 1.56 bits per heavy atom. The largest absolute Gasteiger partial charge is 0.390 e. The minimum atomic E-state index is -1.09. The van der Waals surface area contributed by atoms with Gasteiger partial charge in [0, 0.05) is 10.8 Å². The molecule has 5 saturated heterocycles. The van der Waals surface area contributed by atoms with Crippen LogP contribution in [0.25, 0.3) is 0 Å². The SMILES string of the molecule is CC1(C)O[C@@H]2[C@H](O1)[C@H]1OC(C)(C)O[C@H]1O[C@@H]2[C@@H](O)[C@H]1[C@@H](O)[C@H]2CO[C@H](O2)[C@@H]1Sc1ccccc1. The Bertz CT molecular complexity index is 898. The molecule has 34 heavy (non-hydrogen) atoms. The van der Waals surface area contributed by atoms with E-state index in [2.05, 4.69) is 0 Å². The van der Waals surface area contributed by atoms with Crippen LogP contribution in [0.1, 0.15) is 27.7 Å². The molecule has 0 radical (unpaired) electrons. The molecule has 5 fully saturated rings. The van der Waals surface area contributed by atoms with Crippen molar-refractivity contribution in [3.05, 3.63) is 30.3 Å². The van der Waals surface area contributed by atoms with Gasteiger partial charge in [-0.25, -0.2) is 0 Å². The zero-order valence-electron chi connectivity index (χ0n) is 19.6. The Morgan fingerprint density at radius 3 is 2.32 bits per heavy atom. The third kappa shape index (κ3) is 4.02. The first-order valence-electron chi connectivity index (χ1n) is 11.8. The van der Waals surface area contributed by atoms with Crippen molar-refractivity contribution in [1.29, 1.82) is 0 Å². The van der Waals surface area contributed by atoms with E-state index in [0.29, 0.717) is 0 Å². The summed E-state index contributed by atoms with van der Waals surface area (Å²) in [6.07, 6.45) is -6.19. The minimum Gasteiger partial charge on any atom is -0.390 e. The highest BCUT2D eigenvalue weighted by atomic mass is 32.2.